The summed E-state index contributed by atoms with van der Waals surface area (Å²) in [7, 11) is 0. The maximum Gasteiger partial charge on any atom is 0.574 e. The van der Waals surface area contributed by atoms with Gasteiger partial charge in [0.05, 0.1) is 5.56 Å². The van der Waals surface area contributed by atoms with E-state index in [1.807, 2.05) is 0 Å². The molecule has 0 unspecified atom stereocenters. The monoisotopic (exact) mass is 247 g/mol. The van der Waals surface area contributed by atoms with E-state index in [1.165, 1.54) is 6.07 Å². The number of pyridine rings is 1. The number of carboxylic acid groups (broad SMARTS) is 1. The second-order valence-corrected chi connectivity index (χ2v) is 2.74. The molecule has 0 aliphatic heterocycles. The third kappa shape index (κ3) is 2.97. The third-order valence-electron chi connectivity index (χ3n) is 1.58. The number of alkyl halides is 3. The number of hydrogen-bond donors (Lipinski definition) is 2. The molecular weight excluding hydrogens is 243 g/mol. The number of nitrogens with zero attached hydrogens (tertiary/aromatic N) is 2. The van der Waals surface area contributed by atoms with E-state index >= 15 is 0 Å². The van der Waals surface area contributed by atoms with Crippen LogP contribution in [0.2, 0.25) is 0 Å². The number of ether oxygens (including phenoxy) is 1. The zero-order chi connectivity index (χ0) is 13.2. The van der Waals surface area contributed by atoms with Gasteiger partial charge >= 0.3 is 12.3 Å². The minimum atomic E-state index is -5.08. The van der Waals surface area contributed by atoms with Crippen molar-refractivity contribution in [2.24, 2.45) is 0 Å². The van der Waals surface area contributed by atoms with Crippen molar-refractivity contribution in [3.63, 3.8) is 0 Å². The average Bonchev–Trinajstić information content (AvgIpc) is 2.18. The van der Waals surface area contributed by atoms with Crippen molar-refractivity contribution < 1.29 is 27.8 Å². The molecule has 0 atom stereocenters. The van der Waals surface area contributed by atoms with Crippen LogP contribution in [0.3, 0.4) is 0 Å². The Morgan fingerprint density at radius 1 is 1.59 bits per heavy atom. The van der Waals surface area contributed by atoms with Crippen LogP contribution in [-0.4, -0.2) is 22.4 Å². The SMILES string of the molecule is N#Cc1cc(C(=O)O)c(N)c(OC(F)(F)F)n1. The van der Waals surface area contributed by atoms with Crippen LogP contribution < -0.4 is 10.5 Å². The van der Waals surface area contributed by atoms with E-state index in [-0.39, 0.29) is 0 Å². The first-order valence-corrected chi connectivity index (χ1v) is 3.94. The summed E-state index contributed by atoms with van der Waals surface area (Å²) in [5.41, 5.74) is 3.11. The molecule has 3 N–H and O–H groups in total. The summed E-state index contributed by atoms with van der Waals surface area (Å²) in [5.74, 6) is -2.75. The Morgan fingerprint density at radius 3 is 2.59 bits per heavy atom. The standard InChI is InChI=1S/C8H4F3N3O3/c9-8(10,11)17-6-5(13)4(7(15)16)1-3(2-12)14-6/h1H,13H2,(H,15,16). The molecule has 0 aliphatic carbocycles. The van der Waals surface area contributed by atoms with Gasteiger partial charge in [-0.15, -0.1) is 13.2 Å². The van der Waals surface area contributed by atoms with Crippen LogP contribution in [-0.2, 0) is 0 Å². The van der Waals surface area contributed by atoms with Crippen molar-refractivity contribution in [2.75, 3.05) is 5.73 Å². The van der Waals surface area contributed by atoms with Gasteiger partial charge in [-0.2, -0.15) is 5.26 Å². The van der Waals surface area contributed by atoms with Gasteiger partial charge in [0.15, 0.2) is 0 Å². The number of rotatable bonds is 2. The lowest BCUT2D eigenvalue weighted by Crippen LogP contribution is -2.20. The van der Waals surface area contributed by atoms with E-state index in [2.05, 4.69) is 9.72 Å². The number of halogens is 3. The molecule has 17 heavy (non-hydrogen) atoms. The molecular formula is C8H4F3N3O3. The van der Waals surface area contributed by atoms with E-state index in [9.17, 15) is 18.0 Å². The lowest BCUT2D eigenvalue weighted by molar-refractivity contribution is -0.275. The van der Waals surface area contributed by atoms with Crippen LogP contribution in [0.5, 0.6) is 5.88 Å². The number of nitriles is 1. The Bertz CT molecular complexity index is 507. The van der Waals surface area contributed by atoms with Crippen LogP contribution in [0.1, 0.15) is 16.1 Å². The minimum Gasteiger partial charge on any atom is -0.478 e. The summed E-state index contributed by atoms with van der Waals surface area (Å²) in [6.45, 7) is 0. The molecule has 0 spiro atoms. The third-order valence-corrected chi connectivity index (χ3v) is 1.58. The van der Waals surface area contributed by atoms with Gasteiger partial charge in [0.1, 0.15) is 17.5 Å². The fraction of sp³-hybridized carbons (Fsp3) is 0.125. The predicted molar refractivity (Wildman–Crippen MR) is 47.0 cm³/mol. The summed E-state index contributed by atoms with van der Waals surface area (Å²) in [6, 6.07) is 2.15. The molecule has 1 heterocycles. The average molecular weight is 247 g/mol. The first-order chi connectivity index (χ1) is 7.74. The number of carbonyl (C=O) groups is 1. The fourth-order valence-electron chi connectivity index (χ4n) is 0.953. The number of nitrogens with two attached hydrogens (primary N) is 1. The predicted octanol–water partition coefficient (Wildman–Crippen LogP) is 1.13. The molecule has 6 nitrogen and oxygen atoms in total. The summed E-state index contributed by atoms with van der Waals surface area (Å²) >= 11 is 0. The van der Waals surface area contributed by atoms with Crippen molar-refractivity contribution in [1.82, 2.24) is 4.98 Å². The van der Waals surface area contributed by atoms with Gasteiger partial charge in [-0.25, -0.2) is 9.78 Å². The topological polar surface area (TPSA) is 109 Å². The first kappa shape index (κ1) is 12.6. The molecule has 0 saturated heterocycles. The molecule has 1 rings (SSSR count). The number of hydrogen-bond acceptors (Lipinski definition) is 5. The van der Waals surface area contributed by atoms with E-state index in [1.54, 1.807) is 0 Å². The fourth-order valence-corrected chi connectivity index (χ4v) is 0.953. The van der Waals surface area contributed by atoms with E-state index < -0.39 is 35.2 Å². The van der Waals surface area contributed by atoms with E-state index in [0.29, 0.717) is 0 Å². The van der Waals surface area contributed by atoms with Crippen molar-refractivity contribution in [1.29, 1.82) is 5.26 Å². The van der Waals surface area contributed by atoms with Crippen molar-refractivity contribution in [3.8, 4) is 11.9 Å². The maximum atomic E-state index is 11.9. The Labute approximate surface area is 92.0 Å². The van der Waals surface area contributed by atoms with Gasteiger partial charge in [0.2, 0.25) is 5.88 Å². The largest absolute Gasteiger partial charge is 0.574 e. The molecule has 9 heteroatoms. The second-order valence-electron chi connectivity index (χ2n) is 2.74. The summed E-state index contributed by atoms with van der Waals surface area (Å²) in [4.78, 5) is 13.8. The molecule has 0 amide bonds. The van der Waals surface area contributed by atoms with Gasteiger partial charge in [-0.1, -0.05) is 0 Å². The van der Waals surface area contributed by atoms with Crippen LogP contribution >= 0.6 is 0 Å². The molecule has 0 aliphatic rings. The Morgan fingerprint density at radius 2 is 2.18 bits per heavy atom. The van der Waals surface area contributed by atoms with Gasteiger partial charge in [-0.3, -0.25) is 0 Å². The molecule has 0 radical (unpaired) electrons. The smallest absolute Gasteiger partial charge is 0.478 e. The number of aromatic carboxylic acids is 1. The van der Waals surface area contributed by atoms with E-state index in [4.69, 9.17) is 16.1 Å². The van der Waals surface area contributed by atoms with Crippen molar-refractivity contribution in [2.45, 2.75) is 6.36 Å². The summed E-state index contributed by atoms with van der Waals surface area (Å²) < 4.78 is 39.2. The molecule has 1 aromatic heterocycles. The van der Waals surface area contributed by atoms with Gasteiger partial charge in [-0.05, 0) is 6.07 Å². The zero-order valence-corrected chi connectivity index (χ0v) is 7.95. The Kier molecular flexibility index (Phi) is 3.08. The maximum absolute atomic E-state index is 11.9. The Balaban J connectivity index is 3.35. The van der Waals surface area contributed by atoms with E-state index in [0.717, 1.165) is 6.07 Å². The van der Waals surface area contributed by atoms with Gasteiger partial charge in [0.25, 0.3) is 0 Å². The summed E-state index contributed by atoms with van der Waals surface area (Å²) in [6.07, 6.45) is -5.08. The molecule has 0 bridgehead atoms. The first-order valence-electron chi connectivity index (χ1n) is 3.94. The molecule has 1 aromatic rings. The Hall–Kier alpha value is -2.50. The van der Waals surface area contributed by atoms with Crippen LogP contribution in [0, 0.1) is 11.3 Å². The molecule has 0 saturated carbocycles. The van der Waals surface area contributed by atoms with Gasteiger partial charge in [0, 0.05) is 0 Å². The number of carboxylic acids is 1. The lowest BCUT2D eigenvalue weighted by Gasteiger charge is -2.11. The molecule has 90 valence electrons. The van der Waals surface area contributed by atoms with Gasteiger partial charge < -0.3 is 15.6 Å². The molecule has 0 fully saturated rings. The highest BCUT2D eigenvalue weighted by molar-refractivity contribution is 5.95. The van der Waals surface area contributed by atoms with Crippen molar-refractivity contribution >= 4 is 11.7 Å². The van der Waals surface area contributed by atoms with Crippen LogP contribution in [0.4, 0.5) is 18.9 Å². The number of aromatic nitrogens is 1. The number of anilines is 1. The zero-order valence-electron chi connectivity index (χ0n) is 7.95. The second kappa shape index (κ2) is 4.17. The van der Waals surface area contributed by atoms with Crippen molar-refractivity contribution in [3.05, 3.63) is 17.3 Å². The normalized spacial score (nSPS) is 10.7. The number of nitrogen functional groups attached to an aromatic ring is 1. The summed E-state index contributed by atoms with van der Waals surface area (Å²) in [5, 5.41) is 17.1. The quantitative estimate of drug-likeness (QED) is 0.810. The lowest BCUT2D eigenvalue weighted by atomic mass is 10.2. The highest BCUT2D eigenvalue weighted by Crippen LogP contribution is 2.29. The minimum absolute atomic E-state index is 0.546. The van der Waals surface area contributed by atoms with Crippen LogP contribution in [0.25, 0.3) is 0 Å². The highest BCUT2D eigenvalue weighted by Gasteiger charge is 2.34. The van der Waals surface area contributed by atoms with Crippen LogP contribution in [0.15, 0.2) is 6.07 Å². The molecule has 0 aromatic carbocycles. The highest BCUT2D eigenvalue weighted by atomic mass is 19.4.